The zero-order valence-corrected chi connectivity index (χ0v) is 36.7. The van der Waals surface area contributed by atoms with Crippen molar-refractivity contribution in [3.8, 4) is 0 Å². The first-order chi connectivity index (χ1) is 27.0. The molecule has 55 heavy (non-hydrogen) atoms. The Morgan fingerprint density at radius 2 is 0.909 bits per heavy atom. The van der Waals surface area contributed by atoms with Gasteiger partial charge in [0.2, 0.25) is 5.91 Å². The third kappa shape index (κ3) is 41.8. The van der Waals surface area contributed by atoms with Crippen LogP contribution in [0.5, 0.6) is 0 Å². The van der Waals surface area contributed by atoms with Gasteiger partial charge in [-0.25, -0.2) is 0 Å². The number of ether oxygens (including phenoxy) is 1. The Balaban J connectivity index is 3.44. The summed E-state index contributed by atoms with van der Waals surface area (Å²) in [5.74, 6) is -0.0846. The highest BCUT2D eigenvalue weighted by Gasteiger charge is 2.20. The standard InChI is InChI=1S/C49H93NO5/c1-3-5-7-9-11-13-14-15-16-17-18-19-20-21-22-27-31-35-39-43-49(54)55-44-40-36-32-28-24-23-26-30-34-38-42-48(53)50-46(45-51)47(52)41-37-33-29-25-12-10-8-6-4-2/h11,13,15-16,46-47,51-52H,3-10,12,14,17-45H2,1-2H3,(H,50,53)/b13-11-,16-15-. The maximum atomic E-state index is 12.4. The Hall–Kier alpha value is -1.66. The van der Waals surface area contributed by atoms with E-state index in [-0.39, 0.29) is 18.5 Å². The predicted octanol–water partition coefficient (Wildman–Crippen LogP) is 14.0. The van der Waals surface area contributed by atoms with Crippen LogP contribution in [-0.4, -0.2) is 47.4 Å². The van der Waals surface area contributed by atoms with Crippen LogP contribution in [0.15, 0.2) is 24.3 Å². The highest BCUT2D eigenvalue weighted by molar-refractivity contribution is 5.76. The van der Waals surface area contributed by atoms with Gasteiger partial charge >= 0.3 is 5.97 Å². The fourth-order valence-corrected chi connectivity index (χ4v) is 7.26. The molecule has 0 aromatic carbocycles. The Bertz CT molecular complexity index is 858. The largest absolute Gasteiger partial charge is 0.466 e. The summed E-state index contributed by atoms with van der Waals surface area (Å²) in [7, 11) is 0. The summed E-state index contributed by atoms with van der Waals surface area (Å²) in [6.07, 6.45) is 51.4. The molecule has 0 saturated carbocycles. The molecule has 6 heteroatoms. The van der Waals surface area contributed by atoms with Crippen LogP contribution in [0.3, 0.4) is 0 Å². The Labute approximate surface area is 341 Å². The van der Waals surface area contributed by atoms with E-state index in [2.05, 4.69) is 43.5 Å². The molecule has 0 radical (unpaired) electrons. The number of hydrogen-bond donors (Lipinski definition) is 3. The number of esters is 1. The summed E-state index contributed by atoms with van der Waals surface area (Å²) >= 11 is 0. The number of allylic oxidation sites excluding steroid dienone is 4. The van der Waals surface area contributed by atoms with Gasteiger partial charge in [0.1, 0.15) is 0 Å². The lowest BCUT2D eigenvalue weighted by molar-refractivity contribution is -0.143. The van der Waals surface area contributed by atoms with Crippen LogP contribution in [0.25, 0.3) is 0 Å². The smallest absolute Gasteiger partial charge is 0.305 e. The minimum absolute atomic E-state index is 0.0234. The number of aliphatic hydroxyl groups excluding tert-OH is 2. The molecule has 0 aliphatic heterocycles. The fraction of sp³-hybridized carbons (Fsp3) is 0.878. The quantitative estimate of drug-likeness (QED) is 0.0325. The van der Waals surface area contributed by atoms with Crippen molar-refractivity contribution in [2.24, 2.45) is 0 Å². The molecule has 0 aliphatic rings. The van der Waals surface area contributed by atoms with Gasteiger partial charge in [-0.1, -0.05) is 205 Å². The van der Waals surface area contributed by atoms with Crippen LogP contribution in [0, 0.1) is 0 Å². The van der Waals surface area contributed by atoms with Gasteiger partial charge in [-0.15, -0.1) is 0 Å². The van der Waals surface area contributed by atoms with E-state index < -0.39 is 12.1 Å². The van der Waals surface area contributed by atoms with Crippen molar-refractivity contribution in [2.75, 3.05) is 13.2 Å². The van der Waals surface area contributed by atoms with E-state index >= 15 is 0 Å². The van der Waals surface area contributed by atoms with Gasteiger partial charge in [0, 0.05) is 12.8 Å². The van der Waals surface area contributed by atoms with Gasteiger partial charge in [-0.3, -0.25) is 9.59 Å². The number of amides is 1. The van der Waals surface area contributed by atoms with E-state index in [0.717, 1.165) is 64.2 Å². The normalized spacial score (nSPS) is 12.9. The summed E-state index contributed by atoms with van der Waals surface area (Å²) in [5, 5.41) is 23.0. The average molecular weight is 776 g/mol. The molecule has 0 rings (SSSR count). The lowest BCUT2D eigenvalue weighted by atomic mass is 10.0. The van der Waals surface area contributed by atoms with Crippen molar-refractivity contribution in [3.05, 3.63) is 24.3 Å². The van der Waals surface area contributed by atoms with Gasteiger partial charge in [0.05, 0.1) is 25.4 Å². The van der Waals surface area contributed by atoms with Crippen molar-refractivity contribution in [1.82, 2.24) is 5.32 Å². The third-order valence-electron chi connectivity index (χ3n) is 11.0. The molecule has 0 fully saturated rings. The lowest BCUT2D eigenvalue weighted by Crippen LogP contribution is -2.45. The summed E-state index contributed by atoms with van der Waals surface area (Å²) in [4.78, 5) is 24.4. The minimum Gasteiger partial charge on any atom is -0.466 e. The van der Waals surface area contributed by atoms with Gasteiger partial charge in [0.15, 0.2) is 0 Å². The van der Waals surface area contributed by atoms with Crippen LogP contribution in [0.4, 0.5) is 0 Å². The van der Waals surface area contributed by atoms with Crippen molar-refractivity contribution in [2.45, 2.75) is 264 Å². The Morgan fingerprint density at radius 1 is 0.509 bits per heavy atom. The fourth-order valence-electron chi connectivity index (χ4n) is 7.26. The Kier molecular flexibility index (Phi) is 43.7. The van der Waals surface area contributed by atoms with Gasteiger partial charge in [-0.05, 0) is 57.8 Å². The van der Waals surface area contributed by atoms with Crippen LogP contribution in [-0.2, 0) is 14.3 Å². The highest BCUT2D eigenvalue weighted by atomic mass is 16.5. The lowest BCUT2D eigenvalue weighted by Gasteiger charge is -2.22. The molecule has 0 aromatic heterocycles. The number of carbonyl (C=O) groups excluding carboxylic acids is 2. The zero-order chi connectivity index (χ0) is 40.1. The average Bonchev–Trinajstić information content (AvgIpc) is 3.18. The third-order valence-corrected chi connectivity index (χ3v) is 11.0. The summed E-state index contributed by atoms with van der Waals surface area (Å²) in [6, 6.07) is -0.556. The zero-order valence-electron chi connectivity index (χ0n) is 36.7. The molecule has 0 bridgehead atoms. The van der Waals surface area contributed by atoms with Crippen molar-refractivity contribution in [3.63, 3.8) is 0 Å². The second kappa shape index (κ2) is 45.0. The van der Waals surface area contributed by atoms with Crippen molar-refractivity contribution < 1.29 is 24.5 Å². The van der Waals surface area contributed by atoms with Gasteiger partial charge in [-0.2, -0.15) is 0 Å². The molecule has 6 nitrogen and oxygen atoms in total. The van der Waals surface area contributed by atoms with E-state index in [4.69, 9.17) is 4.74 Å². The molecule has 0 spiro atoms. The van der Waals surface area contributed by atoms with Crippen LogP contribution < -0.4 is 5.32 Å². The molecular weight excluding hydrogens is 683 g/mol. The van der Waals surface area contributed by atoms with E-state index in [1.807, 2.05) is 0 Å². The molecule has 3 N–H and O–H groups in total. The molecule has 0 aromatic rings. The number of unbranched alkanes of at least 4 members (excludes halogenated alkanes) is 29. The summed E-state index contributed by atoms with van der Waals surface area (Å²) in [6.45, 7) is 4.85. The molecule has 0 saturated heterocycles. The molecule has 0 aliphatic carbocycles. The SMILES string of the molecule is CCCCC/C=C\C/C=C\CCCCCCCCCCCC(=O)OCCCCCCCCCCCCC(=O)NC(CO)C(O)CCCCCCCCCCC. The highest BCUT2D eigenvalue weighted by Crippen LogP contribution is 2.15. The minimum atomic E-state index is -0.676. The number of rotatable bonds is 44. The van der Waals surface area contributed by atoms with Crippen LogP contribution in [0.2, 0.25) is 0 Å². The monoisotopic (exact) mass is 776 g/mol. The van der Waals surface area contributed by atoms with Gasteiger partial charge in [0.25, 0.3) is 0 Å². The summed E-state index contributed by atoms with van der Waals surface area (Å²) < 4.78 is 5.46. The first-order valence-corrected chi connectivity index (χ1v) is 24.1. The molecule has 2 unspecified atom stereocenters. The maximum absolute atomic E-state index is 12.4. The first-order valence-electron chi connectivity index (χ1n) is 24.1. The van der Waals surface area contributed by atoms with E-state index in [1.54, 1.807) is 0 Å². The number of nitrogens with one attached hydrogen (secondary N) is 1. The molecule has 2 atom stereocenters. The first kappa shape index (κ1) is 53.3. The molecule has 1 amide bonds. The van der Waals surface area contributed by atoms with Crippen LogP contribution >= 0.6 is 0 Å². The number of carbonyl (C=O) groups is 2. The maximum Gasteiger partial charge on any atom is 0.305 e. The van der Waals surface area contributed by atoms with Crippen molar-refractivity contribution in [1.29, 1.82) is 0 Å². The van der Waals surface area contributed by atoms with Crippen LogP contribution in [0.1, 0.15) is 251 Å². The van der Waals surface area contributed by atoms with E-state index in [1.165, 1.54) is 154 Å². The Morgan fingerprint density at radius 3 is 1.42 bits per heavy atom. The van der Waals surface area contributed by atoms with E-state index in [9.17, 15) is 19.8 Å². The molecule has 324 valence electrons. The number of aliphatic hydroxyl groups is 2. The predicted molar refractivity (Wildman–Crippen MR) is 236 cm³/mol. The molecular formula is C49H93NO5. The topological polar surface area (TPSA) is 95.9 Å². The van der Waals surface area contributed by atoms with Gasteiger partial charge < -0.3 is 20.3 Å². The second-order valence-corrected chi connectivity index (χ2v) is 16.4. The second-order valence-electron chi connectivity index (χ2n) is 16.4. The number of hydrogen-bond acceptors (Lipinski definition) is 5. The molecule has 0 heterocycles. The van der Waals surface area contributed by atoms with E-state index in [0.29, 0.717) is 25.9 Å². The summed E-state index contributed by atoms with van der Waals surface area (Å²) in [5.41, 5.74) is 0. The van der Waals surface area contributed by atoms with Crippen molar-refractivity contribution >= 4 is 11.9 Å².